The molecule has 0 radical (unpaired) electrons. The van der Waals surface area contributed by atoms with E-state index in [-0.39, 0.29) is 0 Å². The van der Waals surface area contributed by atoms with Gasteiger partial charge in [0.15, 0.2) is 0 Å². The molecule has 23 heavy (non-hydrogen) atoms. The Labute approximate surface area is 146 Å². The van der Waals surface area contributed by atoms with E-state index in [0.29, 0.717) is 12.2 Å². The molecule has 0 aromatic carbocycles. The average molecular weight is 323 g/mol. The van der Waals surface area contributed by atoms with E-state index >= 15 is 0 Å². The molecule has 0 spiro atoms. The zero-order valence-corrected chi connectivity index (χ0v) is 16.4. The van der Waals surface area contributed by atoms with Crippen LogP contribution in [0.3, 0.4) is 0 Å². The Morgan fingerprint density at radius 1 is 0.739 bits per heavy atom. The molecule has 0 N–H and O–H groups in total. The zero-order valence-electron chi connectivity index (χ0n) is 16.4. The molecule has 1 atom stereocenters. The summed E-state index contributed by atoms with van der Waals surface area (Å²) in [5.74, 6) is 0. The van der Waals surface area contributed by atoms with Crippen LogP contribution in [-0.2, 0) is 0 Å². The first-order valence-corrected chi connectivity index (χ1v) is 10.4. The maximum atomic E-state index is 2.60. The second-order valence-electron chi connectivity index (χ2n) is 7.53. The molecule has 0 bridgehead atoms. The van der Waals surface area contributed by atoms with Gasteiger partial charge in [0.25, 0.3) is 0 Å². The Balaban J connectivity index is 2.27. The topological polar surface area (TPSA) is 6.48 Å². The highest BCUT2D eigenvalue weighted by Crippen LogP contribution is 2.24. The van der Waals surface area contributed by atoms with E-state index in [4.69, 9.17) is 0 Å². The number of rotatable bonds is 14. The molecule has 136 valence electrons. The molecule has 0 amide bonds. The zero-order chi connectivity index (χ0) is 16.9. The van der Waals surface area contributed by atoms with Crippen LogP contribution in [0.25, 0.3) is 0 Å². The summed E-state index contributed by atoms with van der Waals surface area (Å²) in [6, 6.07) is 0.612. The molecule has 0 saturated heterocycles. The van der Waals surface area contributed by atoms with E-state index in [2.05, 4.69) is 49.9 Å². The average Bonchev–Trinajstić information content (AvgIpc) is 2.94. The van der Waals surface area contributed by atoms with Crippen LogP contribution in [0.1, 0.15) is 105 Å². The van der Waals surface area contributed by atoms with Crippen LogP contribution in [0.5, 0.6) is 0 Å². The number of hydrogen-bond donors (Lipinski definition) is 0. The summed E-state index contributed by atoms with van der Waals surface area (Å²) >= 11 is 0. The minimum Gasteiger partial charge on any atom is -0.356 e. The standard InChI is InChI=1S/C21H42N2/c1-5-7-9-11-12-13-14-16-21-22(17-15-10-8-6-2)18-19-23(21)20(3)4/h18-21H,5-17H2,1-4H3. The summed E-state index contributed by atoms with van der Waals surface area (Å²) in [5, 5.41) is 0. The smallest absolute Gasteiger partial charge is 0.101 e. The van der Waals surface area contributed by atoms with Gasteiger partial charge in [0.05, 0.1) is 0 Å². The fraction of sp³-hybridized carbons (Fsp3) is 0.905. The van der Waals surface area contributed by atoms with Crippen LogP contribution >= 0.6 is 0 Å². The first kappa shape index (κ1) is 20.4. The van der Waals surface area contributed by atoms with Gasteiger partial charge in [-0.05, 0) is 33.1 Å². The van der Waals surface area contributed by atoms with Gasteiger partial charge in [0.2, 0.25) is 0 Å². The Kier molecular flexibility index (Phi) is 11.3. The normalized spacial score (nSPS) is 17.7. The molecule has 1 aliphatic heterocycles. The molecule has 0 aromatic heterocycles. The number of hydrogen-bond acceptors (Lipinski definition) is 2. The van der Waals surface area contributed by atoms with Crippen molar-refractivity contribution in [1.82, 2.24) is 9.80 Å². The monoisotopic (exact) mass is 322 g/mol. The minimum absolute atomic E-state index is 0.612. The quantitative estimate of drug-likeness (QED) is 0.335. The highest BCUT2D eigenvalue weighted by Gasteiger charge is 2.26. The third kappa shape index (κ3) is 8.13. The lowest BCUT2D eigenvalue weighted by Crippen LogP contribution is -2.42. The summed E-state index contributed by atoms with van der Waals surface area (Å²) in [4.78, 5) is 5.17. The summed E-state index contributed by atoms with van der Waals surface area (Å²) in [6.45, 7) is 10.5. The molecular formula is C21H42N2. The lowest BCUT2D eigenvalue weighted by molar-refractivity contribution is 0.114. The van der Waals surface area contributed by atoms with Crippen LogP contribution in [0.4, 0.5) is 0 Å². The molecule has 0 fully saturated rings. The highest BCUT2D eigenvalue weighted by atomic mass is 15.4. The second kappa shape index (κ2) is 12.7. The van der Waals surface area contributed by atoms with Gasteiger partial charge in [0.1, 0.15) is 6.17 Å². The van der Waals surface area contributed by atoms with Gasteiger partial charge in [-0.1, -0.05) is 71.6 Å². The van der Waals surface area contributed by atoms with Crippen LogP contribution in [0.2, 0.25) is 0 Å². The molecule has 1 heterocycles. The first-order valence-electron chi connectivity index (χ1n) is 10.4. The van der Waals surface area contributed by atoms with Crippen LogP contribution in [0.15, 0.2) is 12.4 Å². The number of nitrogens with zero attached hydrogens (tertiary/aromatic N) is 2. The van der Waals surface area contributed by atoms with E-state index in [0.717, 1.165) is 0 Å². The molecule has 2 heteroatoms. The summed E-state index contributed by atoms with van der Waals surface area (Å²) in [6.07, 6.45) is 21.9. The Morgan fingerprint density at radius 2 is 1.30 bits per heavy atom. The lowest BCUT2D eigenvalue weighted by atomic mass is 10.1. The van der Waals surface area contributed by atoms with Crippen molar-refractivity contribution >= 4 is 0 Å². The summed E-state index contributed by atoms with van der Waals surface area (Å²) in [7, 11) is 0. The van der Waals surface area contributed by atoms with Gasteiger partial charge in [-0.15, -0.1) is 0 Å². The fourth-order valence-corrected chi connectivity index (χ4v) is 3.59. The van der Waals surface area contributed by atoms with Crippen molar-refractivity contribution in [3.8, 4) is 0 Å². The van der Waals surface area contributed by atoms with E-state index in [9.17, 15) is 0 Å². The largest absolute Gasteiger partial charge is 0.356 e. The van der Waals surface area contributed by atoms with Crippen LogP contribution in [-0.4, -0.2) is 28.6 Å². The second-order valence-corrected chi connectivity index (χ2v) is 7.53. The van der Waals surface area contributed by atoms with Crippen molar-refractivity contribution in [1.29, 1.82) is 0 Å². The van der Waals surface area contributed by atoms with Crippen LogP contribution < -0.4 is 0 Å². The van der Waals surface area contributed by atoms with Crippen molar-refractivity contribution in [3.63, 3.8) is 0 Å². The Hall–Kier alpha value is -0.660. The molecule has 0 aliphatic carbocycles. The third-order valence-corrected chi connectivity index (χ3v) is 5.09. The summed E-state index contributed by atoms with van der Waals surface area (Å²) in [5.41, 5.74) is 0. The molecule has 0 aromatic rings. The Bertz CT molecular complexity index is 298. The van der Waals surface area contributed by atoms with Crippen LogP contribution in [0, 0.1) is 0 Å². The van der Waals surface area contributed by atoms with Gasteiger partial charge in [-0.2, -0.15) is 0 Å². The van der Waals surface area contributed by atoms with Gasteiger partial charge in [-0.3, -0.25) is 0 Å². The maximum Gasteiger partial charge on any atom is 0.101 e. The predicted octanol–water partition coefficient (Wildman–Crippen LogP) is 6.53. The van der Waals surface area contributed by atoms with Crippen molar-refractivity contribution in [2.75, 3.05) is 6.54 Å². The van der Waals surface area contributed by atoms with E-state index in [1.807, 2.05) is 0 Å². The first-order chi connectivity index (χ1) is 11.2. The number of unbranched alkanes of at least 4 members (excludes halogenated alkanes) is 9. The third-order valence-electron chi connectivity index (χ3n) is 5.09. The molecule has 1 unspecified atom stereocenters. The van der Waals surface area contributed by atoms with Gasteiger partial charge < -0.3 is 9.80 Å². The summed E-state index contributed by atoms with van der Waals surface area (Å²) < 4.78 is 0. The minimum atomic E-state index is 0.612. The van der Waals surface area contributed by atoms with E-state index in [1.54, 1.807) is 0 Å². The van der Waals surface area contributed by atoms with E-state index < -0.39 is 0 Å². The molecule has 2 nitrogen and oxygen atoms in total. The van der Waals surface area contributed by atoms with Crippen molar-refractivity contribution in [3.05, 3.63) is 12.4 Å². The Morgan fingerprint density at radius 3 is 1.91 bits per heavy atom. The maximum absolute atomic E-state index is 2.60. The van der Waals surface area contributed by atoms with Gasteiger partial charge in [0, 0.05) is 25.0 Å². The molecule has 1 aliphatic rings. The molecular weight excluding hydrogens is 280 g/mol. The SMILES string of the molecule is CCCCCCCCCC1N(CCCCCC)C=CN1C(C)C. The van der Waals surface area contributed by atoms with E-state index in [1.165, 1.54) is 83.6 Å². The molecule has 0 saturated carbocycles. The van der Waals surface area contributed by atoms with Gasteiger partial charge >= 0.3 is 0 Å². The highest BCUT2D eigenvalue weighted by molar-refractivity contribution is 4.98. The van der Waals surface area contributed by atoms with Crippen molar-refractivity contribution in [2.24, 2.45) is 0 Å². The predicted molar refractivity (Wildman–Crippen MR) is 103 cm³/mol. The fourth-order valence-electron chi connectivity index (χ4n) is 3.59. The van der Waals surface area contributed by atoms with Crippen molar-refractivity contribution < 1.29 is 0 Å². The molecule has 1 rings (SSSR count). The van der Waals surface area contributed by atoms with Gasteiger partial charge in [-0.25, -0.2) is 0 Å². The lowest BCUT2D eigenvalue weighted by Gasteiger charge is -2.35. The van der Waals surface area contributed by atoms with Crippen molar-refractivity contribution in [2.45, 2.75) is 117 Å².